The lowest BCUT2D eigenvalue weighted by atomic mass is 10.0. The van der Waals surface area contributed by atoms with Crippen LogP contribution in [0.15, 0.2) is 36.4 Å². The number of aromatic carboxylic acids is 1. The Hall–Kier alpha value is -4.16. The van der Waals surface area contributed by atoms with Crippen molar-refractivity contribution in [2.75, 3.05) is 11.4 Å². The molecule has 1 aliphatic rings. The number of hydrogen-bond acceptors (Lipinski definition) is 3. The summed E-state index contributed by atoms with van der Waals surface area (Å²) >= 11 is 0. The Bertz CT molecular complexity index is 1380. The number of carboxylic acid groups (broad SMARTS) is 1. The minimum atomic E-state index is -4.46. The van der Waals surface area contributed by atoms with Crippen molar-refractivity contribution in [3.63, 3.8) is 0 Å². The van der Waals surface area contributed by atoms with E-state index >= 15 is 0 Å². The van der Waals surface area contributed by atoms with Gasteiger partial charge in [0.25, 0.3) is 0 Å². The van der Waals surface area contributed by atoms with Crippen molar-refractivity contribution in [1.29, 1.82) is 0 Å². The number of benzene rings is 3. The van der Waals surface area contributed by atoms with Gasteiger partial charge in [0.05, 0.1) is 16.8 Å². The molecule has 0 bridgehead atoms. The minimum Gasteiger partial charge on any atom is -0.478 e. The van der Waals surface area contributed by atoms with E-state index in [4.69, 9.17) is 5.11 Å². The molecule has 36 heavy (non-hydrogen) atoms. The predicted octanol–water partition coefficient (Wildman–Crippen LogP) is 5.45. The zero-order chi connectivity index (χ0) is 26.5. The number of hydrogen-bond donors (Lipinski definition) is 1. The molecule has 0 aliphatic carbocycles. The van der Waals surface area contributed by atoms with Crippen LogP contribution in [0.1, 0.15) is 15.9 Å². The summed E-state index contributed by atoms with van der Waals surface area (Å²) < 4.78 is 117. The van der Waals surface area contributed by atoms with Gasteiger partial charge in [-0.1, -0.05) is 12.1 Å². The molecule has 0 atom stereocenters. The summed E-state index contributed by atoms with van der Waals surface area (Å²) in [6.45, 7) is -0.528. The van der Waals surface area contributed by atoms with Crippen LogP contribution in [-0.2, 0) is 11.2 Å². The first kappa shape index (κ1) is 24.9. The van der Waals surface area contributed by atoms with Gasteiger partial charge in [-0.25, -0.2) is 31.1 Å². The maximum atomic E-state index is 14.7. The second kappa shape index (κ2) is 8.81. The Morgan fingerprint density at radius 2 is 1.44 bits per heavy atom. The standard InChI is InChI=1S/C23H11F8NO4/c24-12-8-14-13(7-11(12)15-16(25)18(27)20(29)19(28)17(15)26)32(22(35)23(30,31)36-14)6-5-9-1-3-10(4-2-9)21(33)34/h1-4,7-8H,5-6H2,(H,33,34). The van der Waals surface area contributed by atoms with Crippen molar-refractivity contribution in [3.05, 3.63) is 82.4 Å². The van der Waals surface area contributed by atoms with Gasteiger partial charge in [-0.3, -0.25) is 9.69 Å². The normalized spacial score (nSPS) is 14.4. The van der Waals surface area contributed by atoms with Gasteiger partial charge in [-0.2, -0.15) is 8.78 Å². The highest BCUT2D eigenvalue weighted by Crippen LogP contribution is 2.44. The van der Waals surface area contributed by atoms with E-state index in [9.17, 15) is 44.7 Å². The summed E-state index contributed by atoms with van der Waals surface area (Å²) in [4.78, 5) is 23.7. The van der Waals surface area contributed by atoms with Crippen LogP contribution < -0.4 is 9.64 Å². The smallest absolute Gasteiger partial charge is 0.478 e. The van der Waals surface area contributed by atoms with E-state index < -0.39 is 82.0 Å². The number of carboxylic acids is 1. The molecular formula is C23H11F8NO4. The second-order valence-corrected chi connectivity index (χ2v) is 7.57. The molecule has 13 heteroatoms. The molecule has 4 rings (SSSR count). The van der Waals surface area contributed by atoms with E-state index in [2.05, 4.69) is 4.74 Å². The van der Waals surface area contributed by atoms with Crippen LogP contribution in [0.2, 0.25) is 0 Å². The Morgan fingerprint density at radius 1 is 0.889 bits per heavy atom. The maximum absolute atomic E-state index is 14.7. The van der Waals surface area contributed by atoms with Gasteiger partial charge in [0, 0.05) is 18.2 Å². The molecule has 0 fully saturated rings. The Labute approximate surface area is 196 Å². The molecular weight excluding hydrogens is 506 g/mol. The summed E-state index contributed by atoms with van der Waals surface area (Å²) in [5, 5.41) is 8.94. The van der Waals surface area contributed by atoms with Crippen LogP contribution in [0.5, 0.6) is 5.75 Å². The molecule has 1 amide bonds. The first-order chi connectivity index (χ1) is 16.8. The van der Waals surface area contributed by atoms with Gasteiger partial charge in [0.2, 0.25) is 5.82 Å². The molecule has 0 unspecified atom stereocenters. The Balaban J connectivity index is 1.80. The van der Waals surface area contributed by atoms with Crippen LogP contribution >= 0.6 is 0 Å². The van der Waals surface area contributed by atoms with Crippen molar-refractivity contribution in [2.24, 2.45) is 0 Å². The van der Waals surface area contributed by atoms with Crippen molar-refractivity contribution in [3.8, 4) is 16.9 Å². The van der Waals surface area contributed by atoms with E-state index in [1.54, 1.807) is 0 Å². The lowest BCUT2D eigenvalue weighted by Gasteiger charge is -2.34. The molecule has 5 nitrogen and oxygen atoms in total. The summed E-state index contributed by atoms with van der Waals surface area (Å²) in [6.07, 6.45) is -4.60. The van der Waals surface area contributed by atoms with Crippen molar-refractivity contribution in [2.45, 2.75) is 12.5 Å². The van der Waals surface area contributed by atoms with Crippen LogP contribution in [0.4, 0.5) is 40.8 Å². The number of halogens is 8. The first-order valence-electron chi connectivity index (χ1n) is 9.90. The van der Waals surface area contributed by atoms with Crippen LogP contribution in [-0.4, -0.2) is 29.6 Å². The van der Waals surface area contributed by atoms with E-state index in [0.29, 0.717) is 16.5 Å². The molecule has 3 aromatic carbocycles. The number of carbonyl (C=O) groups is 2. The Morgan fingerprint density at radius 3 is 2.00 bits per heavy atom. The molecule has 0 saturated carbocycles. The third-order valence-corrected chi connectivity index (χ3v) is 5.38. The highest BCUT2D eigenvalue weighted by Gasteiger charge is 2.50. The summed E-state index contributed by atoms with van der Waals surface area (Å²) in [5.74, 6) is -17.7. The number of anilines is 1. The van der Waals surface area contributed by atoms with Gasteiger partial charge in [-0.15, -0.1) is 0 Å². The zero-order valence-electron chi connectivity index (χ0n) is 17.5. The Kier molecular flexibility index (Phi) is 6.10. The fourth-order valence-electron chi connectivity index (χ4n) is 3.59. The van der Waals surface area contributed by atoms with E-state index in [1.807, 2.05) is 0 Å². The number of fused-ring (bicyclic) bond motifs is 1. The fourth-order valence-corrected chi connectivity index (χ4v) is 3.59. The molecule has 188 valence electrons. The number of amides is 1. The molecule has 1 aliphatic heterocycles. The number of ether oxygens (including phenoxy) is 1. The monoisotopic (exact) mass is 517 g/mol. The maximum Gasteiger partial charge on any atom is 0.482 e. The molecule has 0 spiro atoms. The third kappa shape index (κ3) is 4.10. The largest absolute Gasteiger partial charge is 0.482 e. The van der Waals surface area contributed by atoms with Crippen molar-refractivity contribution < 1.29 is 54.6 Å². The molecule has 0 saturated heterocycles. The number of nitrogens with zero attached hydrogens (tertiary/aromatic N) is 1. The van der Waals surface area contributed by atoms with Gasteiger partial charge < -0.3 is 9.84 Å². The minimum absolute atomic E-state index is 0.0685. The van der Waals surface area contributed by atoms with Crippen LogP contribution in [0.25, 0.3) is 11.1 Å². The predicted molar refractivity (Wildman–Crippen MR) is 107 cm³/mol. The summed E-state index contributed by atoms with van der Waals surface area (Å²) in [5.41, 5.74) is -3.15. The van der Waals surface area contributed by atoms with E-state index in [0.717, 1.165) is 0 Å². The zero-order valence-corrected chi connectivity index (χ0v) is 17.5. The van der Waals surface area contributed by atoms with Gasteiger partial charge >= 0.3 is 18.0 Å². The summed E-state index contributed by atoms with van der Waals surface area (Å²) in [6, 6.07) is 5.83. The highest BCUT2D eigenvalue weighted by molar-refractivity contribution is 6.01. The molecule has 0 radical (unpaired) electrons. The quantitative estimate of drug-likeness (QED) is 0.278. The number of rotatable bonds is 5. The molecule has 1 N–H and O–H groups in total. The van der Waals surface area contributed by atoms with Gasteiger partial charge in [0.15, 0.2) is 29.0 Å². The van der Waals surface area contributed by atoms with Crippen LogP contribution in [0, 0.1) is 34.9 Å². The average molecular weight is 517 g/mol. The lowest BCUT2D eigenvalue weighted by Crippen LogP contribution is -2.51. The van der Waals surface area contributed by atoms with Gasteiger partial charge in [0.1, 0.15) is 5.82 Å². The topological polar surface area (TPSA) is 66.8 Å². The SMILES string of the molecule is O=C(O)c1ccc(CCN2C(=O)C(F)(F)Oc3cc(F)c(-c4c(F)c(F)c(F)c(F)c4F)cc32)cc1. The number of carbonyl (C=O) groups excluding carboxylic acids is 1. The first-order valence-corrected chi connectivity index (χ1v) is 9.90. The molecule has 3 aromatic rings. The van der Waals surface area contributed by atoms with Crippen molar-refractivity contribution in [1.82, 2.24) is 0 Å². The van der Waals surface area contributed by atoms with Crippen molar-refractivity contribution >= 4 is 17.6 Å². The lowest BCUT2D eigenvalue weighted by molar-refractivity contribution is -0.192. The van der Waals surface area contributed by atoms with E-state index in [1.165, 1.54) is 24.3 Å². The second-order valence-electron chi connectivity index (χ2n) is 7.57. The fraction of sp³-hybridized carbons (Fsp3) is 0.130. The number of alkyl halides is 2. The van der Waals surface area contributed by atoms with Gasteiger partial charge in [-0.05, 0) is 30.2 Å². The summed E-state index contributed by atoms with van der Waals surface area (Å²) in [7, 11) is 0. The molecule has 0 aromatic heterocycles. The van der Waals surface area contributed by atoms with Crippen LogP contribution in [0.3, 0.4) is 0 Å². The third-order valence-electron chi connectivity index (χ3n) is 5.38. The highest BCUT2D eigenvalue weighted by atomic mass is 19.3. The van der Waals surface area contributed by atoms with E-state index in [-0.39, 0.29) is 18.1 Å². The average Bonchev–Trinajstić information content (AvgIpc) is 2.83. The molecule has 1 heterocycles.